The SMILES string of the molecule is Cc1cc(C#N)cc(S)c1S(=O)(=O)Cl. The Bertz CT molecular complexity index is 494. The summed E-state index contributed by atoms with van der Waals surface area (Å²) in [7, 11) is 1.40. The fourth-order valence-corrected chi connectivity index (χ4v) is 3.34. The molecular weight excluding hydrogens is 242 g/mol. The highest BCUT2D eigenvalue weighted by molar-refractivity contribution is 8.14. The van der Waals surface area contributed by atoms with E-state index in [1.165, 1.54) is 12.1 Å². The van der Waals surface area contributed by atoms with Crippen LogP contribution in [0.2, 0.25) is 0 Å². The third-order valence-corrected chi connectivity index (χ3v) is 3.62. The van der Waals surface area contributed by atoms with E-state index in [1.807, 2.05) is 6.07 Å². The molecule has 6 heteroatoms. The van der Waals surface area contributed by atoms with Gasteiger partial charge in [0.1, 0.15) is 0 Å². The van der Waals surface area contributed by atoms with Gasteiger partial charge in [0.15, 0.2) is 0 Å². The quantitative estimate of drug-likeness (QED) is 0.611. The standard InChI is InChI=1S/C8H6ClNO2S2/c1-5-2-6(4-10)3-7(13)8(5)14(9,11)12/h2-3,13H,1H3. The van der Waals surface area contributed by atoms with Crippen LogP contribution in [0.15, 0.2) is 21.9 Å². The zero-order chi connectivity index (χ0) is 10.9. The van der Waals surface area contributed by atoms with Crippen LogP contribution in [-0.4, -0.2) is 8.42 Å². The molecule has 0 heterocycles. The van der Waals surface area contributed by atoms with Gasteiger partial charge >= 0.3 is 0 Å². The Morgan fingerprint density at radius 3 is 2.43 bits per heavy atom. The molecule has 3 nitrogen and oxygen atoms in total. The van der Waals surface area contributed by atoms with Gasteiger partial charge in [0.2, 0.25) is 0 Å². The number of hydrogen-bond acceptors (Lipinski definition) is 4. The lowest BCUT2D eigenvalue weighted by molar-refractivity contribution is 0.607. The Morgan fingerprint density at radius 1 is 1.50 bits per heavy atom. The van der Waals surface area contributed by atoms with Gasteiger partial charge in [-0.05, 0) is 24.6 Å². The van der Waals surface area contributed by atoms with Gasteiger partial charge in [-0.2, -0.15) is 5.26 Å². The molecule has 0 aliphatic rings. The third-order valence-electron chi connectivity index (χ3n) is 1.63. The number of nitrogens with zero attached hydrogens (tertiary/aromatic N) is 1. The van der Waals surface area contributed by atoms with Gasteiger partial charge < -0.3 is 0 Å². The van der Waals surface area contributed by atoms with Crippen molar-refractivity contribution in [2.45, 2.75) is 16.7 Å². The second-order valence-electron chi connectivity index (χ2n) is 2.69. The molecule has 1 aromatic carbocycles. The first-order valence-corrected chi connectivity index (χ1v) is 6.30. The van der Waals surface area contributed by atoms with E-state index in [2.05, 4.69) is 12.6 Å². The molecule has 74 valence electrons. The van der Waals surface area contributed by atoms with Crippen molar-refractivity contribution in [1.29, 1.82) is 5.26 Å². The number of halogens is 1. The van der Waals surface area contributed by atoms with E-state index in [4.69, 9.17) is 15.9 Å². The summed E-state index contributed by atoms with van der Waals surface area (Å²) in [6.45, 7) is 1.57. The average molecular weight is 248 g/mol. The molecule has 0 aliphatic heterocycles. The van der Waals surface area contributed by atoms with Crippen LogP contribution in [-0.2, 0) is 9.05 Å². The van der Waals surface area contributed by atoms with Crippen LogP contribution in [0, 0.1) is 18.3 Å². The molecule has 0 spiro atoms. The predicted molar refractivity (Wildman–Crippen MR) is 56.2 cm³/mol. The van der Waals surface area contributed by atoms with Crippen LogP contribution in [0.25, 0.3) is 0 Å². The van der Waals surface area contributed by atoms with E-state index in [-0.39, 0.29) is 9.79 Å². The maximum atomic E-state index is 11.1. The van der Waals surface area contributed by atoms with Crippen molar-refractivity contribution < 1.29 is 8.42 Å². The summed E-state index contributed by atoms with van der Waals surface area (Å²) in [4.78, 5) is 0.151. The molecule has 0 N–H and O–H groups in total. The van der Waals surface area contributed by atoms with E-state index in [0.717, 1.165) is 0 Å². The van der Waals surface area contributed by atoms with Crippen LogP contribution in [0.3, 0.4) is 0 Å². The first-order chi connectivity index (χ1) is 6.36. The van der Waals surface area contributed by atoms with Crippen LogP contribution in [0.5, 0.6) is 0 Å². The molecule has 0 atom stereocenters. The van der Waals surface area contributed by atoms with Crippen molar-refractivity contribution in [2.75, 3.05) is 0 Å². The Morgan fingerprint density at radius 2 is 2.07 bits per heavy atom. The molecule has 0 bridgehead atoms. The summed E-state index contributed by atoms with van der Waals surface area (Å²) in [6, 6.07) is 4.72. The monoisotopic (exact) mass is 247 g/mol. The Hall–Kier alpha value is -0.700. The average Bonchev–Trinajstić information content (AvgIpc) is 1.99. The summed E-state index contributed by atoms with van der Waals surface area (Å²) in [5.41, 5.74) is 0.778. The second kappa shape index (κ2) is 3.81. The number of benzene rings is 1. The van der Waals surface area contributed by atoms with Gasteiger partial charge in [0.05, 0.1) is 16.5 Å². The van der Waals surface area contributed by atoms with Crippen molar-refractivity contribution in [1.82, 2.24) is 0 Å². The fraction of sp³-hybridized carbons (Fsp3) is 0.125. The summed E-state index contributed by atoms with van der Waals surface area (Å²) < 4.78 is 22.2. The van der Waals surface area contributed by atoms with Crippen molar-refractivity contribution in [3.05, 3.63) is 23.3 Å². The highest BCUT2D eigenvalue weighted by atomic mass is 35.7. The van der Waals surface area contributed by atoms with E-state index in [9.17, 15) is 8.42 Å². The molecule has 1 aromatic rings. The van der Waals surface area contributed by atoms with E-state index in [1.54, 1.807) is 6.92 Å². The van der Waals surface area contributed by atoms with Crippen molar-refractivity contribution in [2.24, 2.45) is 0 Å². The summed E-state index contributed by atoms with van der Waals surface area (Å²) in [6.07, 6.45) is 0. The molecule has 0 unspecified atom stereocenters. The largest absolute Gasteiger partial charge is 0.262 e. The lowest BCUT2D eigenvalue weighted by Gasteiger charge is -2.05. The minimum atomic E-state index is -3.80. The van der Waals surface area contributed by atoms with Crippen molar-refractivity contribution in [3.8, 4) is 6.07 Å². The van der Waals surface area contributed by atoms with Gasteiger partial charge in [-0.3, -0.25) is 0 Å². The van der Waals surface area contributed by atoms with Gasteiger partial charge in [0.25, 0.3) is 9.05 Å². The predicted octanol–water partition coefficient (Wildman–Crippen LogP) is 2.08. The lowest BCUT2D eigenvalue weighted by atomic mass is 10.1. The van der Waals surface area contributed by atoms with Gasteiger partial charge in [-0.15, -0.1) is 12.6 Å². The minimum absolute atomic E-state index is 0.0403. The molecule has 0 radical (unpaired) electrons. The number of hydrogen-bond donors (Lipinski definition) is 1. The maximum absolute atomic E-state index is 11.1. The van der Waals surface area contributed by atoms with Crippen LogP contribution in [0.1, 0.15) is 11.1 Å². The van der Waals surface area contributed by atoms with Gasteiger partial charge in [0, 0.05) is 15.6 Å². The Labute approximate surface area is 92.1 Å². The van der Waals surface area contributed by atoms with Gasteiger partial charge in [-0.25, -0.2) is 8.42 Å². The Balaban J connectivity index is 3.59. The molecule has 1 rings (SSSR count). The second-order valence-corrected chi connectivity index (χ2v) is 5.68. The van der Waals surface area contributed by atoms with E-state index < -0.39 is 9.05 Å². The number of thiol groups is 1. The zero-order valence-electron chi connectivity index (χ0n) is 7.15. The zero-order valence-corrected chi connectivity index (χ0v) is 9.62. The van der Waals surface area contributed by atoms with Gasteiger partial charge in [-0.1, -0.05) is 0 Å². The lowest BCUT2D eigenvalue weighted by Crippen LogP contribution is -1.97. The van der Waals surface area contributed by atoms with Crippen LogP contribution < -0.4 is 0 Å². The summed E-state index contributed by atoms with van der Waals surface area (Å²) >= 11 is 3.97. The number of rotatable bonds is 1. The minimum Gasteiger partial charge on any atom is -0.207 e. The summed E-state index contributed by atoms with van der Waals surface area (Å²) in [5, 5.41) is 8.61. The number of aryl methyl sites for hydroxylation is 1. The van der Waals surface area contributed by atoms with Crippen LogP contribution in [0.4, 0.5) is 0 Å². The fourth-order valence-electron chi connectivity index (χ4n) is 1.14. The molecule has 0 aliphatic carbocycles. The van der Waals surface area contributed by atoms with E-state index >= 15 is 0 Å². The van der Waals surface area contributed by atoms with E-state index in [0.29, 0.717) is 11.1 Å². The third kappa shape index (κ3) is 2.21. The first-order valence-electron chi connectivity index (χ1n) is 3.54. The normalized spacial score (nSPS) is 11.0. The smallest absolute Gasteiger partial charge is 0.207 e. The molecule has 0 fully saturated rings. The topological polar surface area (TPSA) is 57.9 Å². The molecule has 0 saturated carbocycles. The summed E-state index contributed by atoms with van der Waals surface area (Å²) in [5.74, 6) is 0. The molecule has 0 saturated heterocycles. The molecule has 14 heavy (non-hydrogen) atoms. The van der Waals surface area contributed by atoms with Crippen LogP contribution >= 0.6 is 23.3 Å². The molecule has 0 amide bonds. The maximum Gasteiger partial charge on any atom is 0.262 e. The van der Waals surface area contributed by atoms with Crippen molar-refractivity contribution >= 4 is 32.4 Å². The number of nitriles is 1. The molecule has 0 aromatic heterocycles. The molecular formula is C8H6ClNO2S2. The first kappa shape index (κ1) is 11.4. The highest BCUT2D eigenvalue weighted by Gasteiger charge is 2.17. The highest BCUT2D eigenvalue weighted by Crippen LogP contribution is 2.27. The van der Waals surface area contributed by atoms with Crippen molar-refractivity contribution in [3.63, 3.8) is 0 Å². The Kier molecular flexibility index (Phi) is 3.10.